The highest BCUT2D eigenvalue weighted by Gasteiger charge is 2.31. The monoisotopic (exact) mass is 271 g/mol. The van der Waals surface area contributed by atoms with E-state index >= 15 is 0 Å². The summed E-state index contributed by atoms with van der Waals surface area (Å²) in [7, 11) is 3.55. The van der Waals surface area contributed by atoms with Crippen LogP contribution in [0.3, 0.4) is 0 Å². The predicted molar refractivity (Wildman–Crippen MR) is 72.5 cm³/mol. The number of ether oxygens (including phenoxy) is 1. The zero-order valence-corrected chi connectivity index (χ0v) is 12.3. The summed E-state index contributed by atoms with van der Waals surface area (Å²) < 4.78 is 4.82. The molecule has 110 valence electrons. The molecule has 0 bridgehead atoms. The van der Waals surface area contributed by atoms with E-state index < -0.39 is 0 Å². The highest BCUT2D eigenvalue weighted by molar-refractivity contribution is 5.81. The molecule has 6 heteroatoms. The molecule has 0 aromatic heterocycles. The summed E-state index contributed by atoms with van der Waals surface area (Å²) in [5.41, 5.74) is 0. The van der Waals surface area contributed by atoms with Gasteiger partial charge in [-0.25, -0.2) is 0 Å². The lowest BCUT2D eigenvalue weighted by Gasteiger charge is -2.28. The van der Waals surface area contributed by atoms with Gasteiger partial charge in [-0.15, -0.1) is 0 Å². The fraction of sp³-hybridized carbons (Fsp3) is 0.846. The fourth-order valence-corrected chi connectivity index (χ4v) is 2.29. The molecular formula is C13H25N3O3. The second kappa shape index (κ2) is 7.45. The van der Waals surface area contributed by atoms with Gasteiger partial charge < -0.3 is 15.0 Å². The van der Waals surface area contributed by atoms with E-state index in [0.29, 0.717) is 19.2 Å². The summed E-state index contributed by atoms with van der Waals surface area (Å²) in [5.74, 6) is 0.128. The first-order valence-corrected chi connectivity index (χ1v) is 6.72. The fourth-order valence-electron chi connectivity index (χ4n) is 2.29. The maximum absolute atomic E-state index is 11.9. The Morgan fingerprint density at radius 3 is 2.63 bits per heavy atom. The van der Waals surface area contributed by atoms with Gasteiger partial charge in [0.2, 0.25) is 5.91 Å². The third kappa shape index (κ3) is 4.80. The van der Waals surface area contributed by atoms with E-state index in [0.717, 1.165) is 19.4 Å². The second-order valence-corrected chi connectivity index (χ2v) is 5.48. The molecule has 0 aromatic carbocycles. The van der Waals surface area contributed by atoms with Crippen LogP contribution in [0.2, 0.25) is 0 Å². The van der Waals surface area contributed by atoms with Crippen LogP contribution in [0, 0.1) is 0 Å². The minimum absolute atomic E-state index is 0.0824. The number of carbonyl (C=O) groups is 2. The van der Waals surface area contributed by atoms with Crippen molar-refractivity contribution in [2.75, 3.05) is 27.4 Å². The van der Waals surface area contributed by atoms with Crippen molar-refractivity contribution >= 4 is 12.4 Å². The Kier molecular flexibility index (Phi) is 6.24. The van der Waals surface area contributed by atoms with Crippen molar-refractivity contribution in [1.82, 2.24) is 15.1 Å². The molecule has 0 saturated carbocycles. The SMILES string of the molecule is CC(C)N(COC=O)CC1CCC(C(=O)N(C)C)N1. The number of hydrogen-bond donors (Lipinski definition) is 1. The third-order valence-corrected chi connectivity index (χ3v) is 3.47. The maximum Gasteiger partial charge on any atom is 0.294 e. The maximum atomic E-state index is 11.9. The first-order valence-electron chi connectivity index (χ1n) is 6.72. The van der Waals surface area contributed by atoms with Gasteiger partial charge in [0.05, 0.1) is 6.04 Å². The van der Waals surface area contributed by atoms with Crippen molar-refractivity contribution in [3.8, 4) is 0 Å². The highest BCUT2D eigenvalue weighted by Crippen LogP contribution is 2.15. The van der Waals surface area contributed by atoms with E-state index in [-0.39, 0.29) is 18.0 Å². The second-order valence-electron chi connectivity index (χ2n) is 5.48. The number of likely N-dealkylation sites (N-methyl/N-ethyl adjacent to an activating group) is 1. The van der Waals surface area contributed by atoms with E-state index in [4.69, 9.17) is 4.74 Å². The van der Waals surface area contributed by atoms with Gasteiger partial charge in [-0.3, -0.25) is 14.5 Å². The lowest BCUT2D eigenvalue weighted by atomic mass is 10.1. The molecule has 1 heterocycles. The summed E-state index contributed by atoms with van der Waals surface area (Å²) in [5, 5.41) is 3.36. The van der Waals surface area contributed by atoms with Crippen LogP contribution in [0.5, 0.6) is 0 Å². The van der Waals surface area contributed by atoms with Gasteiger partial charge in [-0.2, -0.15) is 0 Å². The van der Waals surface area contributed by atoms with Gasteiger partial charge in [-0.05, 0) is 26.7 Å². The largest absolute Gasteiger partial charge is 0.452 e. The first-order chi connectivity index (χ1) is 8.95. The molecule has 0 aromatic rings. The van der Waals surface area contributed by atoms with Crippen LogP contribution in [-0.2, 0) is 14.3 Å². The van der Waals surface area contributed by atoms with Crippen LogP contribution < -0.4 is 5.32 Å². The van der Waals surface area contributed by atoms with Gasteiger partial charge in [0, 0.05) is 32.7 Å². The quantitative estimate of drug-likeness (QED) is 0.523. The van der Waals surface area contributed by atoms with Gasteiger partial charge >= 0.3 is 0 Å². The summed E-state index contributed by atoms with van der Waals surface area (Å²) >= 11 is 0. The van der Waals surface area contributed by atoms with E-state index in [1.165, 1.54) is 0 Å². The Morgan fingerprint density at radius 1 is 1.42 bits per heavy atom. The summed E-state index contributed by atoms with van der Waals surface area (Å²) in [6, 6.07) is 0.484. The number of amides is 1. The molecular weight excluding hydrogens is 246 g/mol. The van der Waals surface area contributed by atoms with Crippen LogP contribution in [0.15, 0.2) is 0 Å². The Labute approximate surface area is 115 Å². The van der Waals surface area contributed by atoms with Gasteiger partial charge in [0.15, 0.2) is 0 Å². The Balaban J connectivity index is 2.45. The average Bonchev–Trinajstić information content (AvgIpc) is 2.81. The molecule has 0 radical (unpaired) electrons. The lowest BCUT2D eigenvalue weighted by Crippen LogP contribution is -2.47. The van der Waals surface area contributed by atoms with Crippen LogP contribution in [0.25, 0.3) is 0 Å². The van der Waals surface area contributed by atoms with Crippen LogP contribution >= 0.6 is 0 Å². The Bertz CT molecular complexity index is 308. The van der Waals surface area contributed by atoms with Crippen LogP contribution in [0.1, 0.15) is 26.7 Å². The molecule has 1 amide bonds. The molecule has 19 heavy (non-hydrogen) atoms. The lowest BCUT2D eigenvalue weighted by molar-refractivity contribution is -0.134. The van der Waals surface area contributed by atoms with Crippen molar-refractivity contribution in [3.63, 3.8) is 0 Å². The first kappa shape index (κ1) is 15.9. The van der Waals surface area contributed by atoms with Crippen LogP contribution in [-0.4, -0.2) is 67.7 Å². The topological polar surface area (TPSA) is 61.9 Å². The van der Waals surface area contributed by atoms with E-state index in [2.05, 4.69) is 24.1 Å². The molecule has 1 fully saturated rings. The number of rotatable bonds is 7. The minimum Gasteiger partial charge on any atom is -0.452 e. The summed E-state index contributed by atoms with van der Waals surface area (Å²) in [4.78, 5) is 25.8. The molecule has 1 rings (SSSR count). The van der Waals surface area contributed by atoms with Gasteiger partial charge in [0.25, 0.3) is 6.47 Å². The molecule has 1 N–H and O–H groups in total. The Hall–Kier alpha value is -1.14. The molecule has 1 aliphatic rings. The summed E-state index contributed by atoms with van der Waals surface area (Å²) in [6.45, 7) is 5.67. The predicted octanol–water partition coefficient (Wildman–Crippen LogP) is 0.0361. The molecule has 2 unspecified atom stereocenters. The molecule has 0 aliphatic carbocycles. The zero-order chi connectivity index (χ0) is 14.4. The van der Waals surface area contributed by atoms with Gasteiger partial charge in [-0.1, -0.05) is 0 Å². The number of nitrogens with zero attached hydrogens (tertiary/aromatic N) is 2. The standard InChI is InChI=1S/C13H25N3O3/c1-10(2)16(8-19-9-17)7-11-5-6-12(14-11)13(18)15(3)4/h9-12,14H,5-8H2,1-4H3. The van der Waals surface area contributed by atoms with Crippen molar-refractivity contribution in [1.29, 1.82) is 0 Å². The molecule has 1 saturated heterocycles. The number of nitrogens with one attached hydrogen (secondary N) is 1. The normalized spacial score (nSPS) is 22.8. The smallest absolute Gasteiger partial charge is 0.294 e. The third-order valence-electron chi connectivity index (χ3n) is 3.47. The molecule has 6 nitrogen and oxygen atoms in total. The average molecular weight is 271 g/mol. The summed E-state index contributed by atoms with van der Waals surface area (Å²) in [6.07, 6.45) is 1.83. The van der Waals surface area contributed by atoms with E-state index in [9.17, 15) is 9.59 Å². The van der Waals surface area contributed by atoms with E-state index in [1.54, 1.807) is 19.0 Å². The molecule has 1 aliphatic heterocycles. The minimum atomic E-state index is -0.0824. The molecule has 2 atom stereocenters. The zero-order valence-electron chi connectivity index (χ0n) is 12.3. The van der Waals surface area contributed by atoms with Crippen LogP contribution in [0.4, 0.5) is 0 Å². The molecule has 0 spiro atoms. The van der Waals surface area contributed by atoms with Crippen molar-refractivity contribution in [3.05, 3.63) is 0 Å². The van der Waals surface area contributed by atoms with E-state index in [1.807, 2.05) is 0 Å². The highest BCUT2D eigenvalue weighted by atomic mass is 16.5. The van der Waals surface area contributed by atoms with Crippen molar-refractivity contribution in [2.45, 2.75) is 44.8 Å². The van der Waals surface area contributed by atoms with Crippen molar-refractivity contribution in [2.24, 2.45) is 0 Å². The van der Waals surface area contributed by atoms with Gasteiger partial charge in [0.1, 0.15) is 6.73 Å². The Morgan fingerprint density at radius 2 is 2.11 bits per heavy atom. The number of carbonyl (C=O) groups excluding carboxylic acids is 2. The number of hydrogen-bond acceptors (Lipinski definition) is 5. The van der Waals surface area contributed by atoms with Crippen molar-refractivity contribution < 1.29 is 14.3 Å².